The van der Waals surface area contributed by atoms with E-state index in [-0.39, 0.29) is 21.7 Å². The number of benzene rings is 2. The molecule has 5 aromatic rings. The van der Waals surface area contributed by atoms with Crippen molar-refractivity contribution in [2.75, 3.05) is 6.61 Å². The monoisotopic (exact) mass is 754 g/mol. The summed E-state index contributed by atoms with van der Waals surface area (Å²) in [5.74, 6) is -4.43. The van der Waals surface area contributed by atoms with Gasteiger partial charge in [-0.1, -0.05) is 34.8 Å². The van der Waals surface area contributed by atoms with E-state index in [9.17, 15) is 51.3 Å². The zero-order valence-corrected chi connectivity index (χ0v) is 26.2. The number of phenols is 2. The zero-order valence-electron chi connectivity index (χ0n) is 23.2. The molecule has 0 unspecified atom stereocenters. The molecule has 0 bridgehead atoms. The number of ketones is 2. The number of carbonyl (C=O) groups excluding carboxylic acids is 2. The lowest BCUT2D eigenvalue weighted by Gasteiger charge is -2.15. The van der Waals surface area contributed by atoms with Crippen LogP contribution in [0.2, 0.25) is 15.2 Å². The van der Waals surface area contributed by atoms with Crippen molar-refractivity contribution in [2.45, 2.75) is 29.1 Å². The van der Waals surface area contributed by atoms with Gasteiger partial charge in [-0.15, -0.1) is 5.10 Å². The van der Waals surface area contributed by atoms with E-state index in [0.29, 0.717) is 48.2 Å². The molecule has 0 aliphatic rings. The first-order chi connectivity index (χ1) is 22.4. The van der Waals surface area contributed by atoms with Gasteiger partial charge in [0, 0.05) is 0 Å². The summed E-state index contributed by atoms with van der Waals surface area (Å²) < 4.78 is 81.5. The number of nitrogens with one attached hydrogen (secondary N) is 1. The molecule has 0 atom stereocenters. The minimum absolute atomic E-state index is 0.0207. The zero-order chi connectivity index (χ0) is 35.3. The fourth-order valence-corrected chi connectivity index (χ4v) is 6.06. The van der Waals surface area contributed by atoms with Crippen LogP contribution in [0.3, 0.4) is 0 Å². The number of aliphatic hydroxyl groups is 1. The quantitative estimate of drug-likeness (QED) is 0.0937. The van der Waals surface area contributed by atoms with Gasteiger partial charge in [-0.2, -0.15) is 26.3 Å². The molecule has 48 heavy (non-hydrogen) atoms. The van der Waals surface area contributed by atoms with Gasteiger partial charge in [-0.25, -0.2) is 4.68 Å². The standard InChI is InChI=1S/C27H15Cl3F6N6O5S/c28-14-9-15(21(46)12-3-1-10(7-16(12)44)26(31,32)33)42(24(14)48-25-38-39-40-41(25)5-6-43)20-18(29)23(30)37-19(20)22(47)13-4-2-11(8-17(13)45)27(34,35)36/h1-4,7-9,37,43-45H,5-6H2. The summed E-state index contributed by atoms with van der Waals surface area (Å²) in [5.41, 5.74) is -5.31. The average molecular weight is 756 g/mol. The maximum Gasteiger partial charge on any atom is 0.416 e. The van der Waals surface area contributed by atoms with Crippen molar-refractivity contribution >= 4 is 58.1 Å². The normalized spacial score (nSPS) is 12.1. The Morgan fingerprint density at radius 2 is 1.44 bits per heavy atom. The Balaban J connectivity index is 1.74. The number of hydrogen-bond acceptors (Lipinski definition) is 9. The summed E-state index contributed by atoms with van der Waals surface area (Å²) in [4.78, 5) is 30.1. The third-order valence-electron chi connectivity index (χ3n) is 6.61. The highest BCUT2D eigenvalue weighted by atomic mass is 35.5. The number of carbonyl (C=O) groups is 2. The number of alkyl halides is 6. The van der Waals surface area contributed by atoms with Crippen LogP contribution in [0.25, 0.3) is 5.69 Å². The molecule has 2 aromatic carbocycles. The Kier molecular flexibility index (Phi) is 9.50. The SMILES string of the molecule is O=C(c1ccc(C(F)(F)F)cc1O)c1[nH]c(Cl)c(Cl)c1-n1c(C(=O)c2ccc(C(F)(F)F)cc2O)cc(Cl)c1Sc1nnnn1CCO. The number of tetrazole rings is 1. The molecular weight excluding hydrogens is 741 g/mol. The van der Waals surface area contributed by atoms with Crippen LogP contribution in [-0.2, 0) is 18.9 Å². The first-order valence-corrected chi connectivity index (χ1v) is 14.8. The predicted octanol–water partition coefficient (Wildman–Crippen LogP) is 6.81. The minimum Gasteiger partial charge on any atom is -0.507 e. The largest absolute Gasteiger partial charge is 0.507 e. The summed E-state index contributed by atoms with van der Waals surface area (Å²) in [7, 11) is 0. The number of halogens is 9. The Bertz CT molecular complexity index is 2080. The molecule has 3 aromatic heterocycles. The van der Waals surface area contributed by atoms with E-state index in [0.717, 1.165) is 15.3 Å². The van der Waals surface area contributed by atoms with Gasteiger partial charge in [0.2, 0.25) is 16.7 Å². The van der Waals surface area contributed by atoms with E-state index >= 15 is 0 Å². The molecule has 21 heteroatoms. The number of phenolic OH excluding ortho intramolecular Hbond substituents is 2. The van der Waals surface area contributed by atoms with Crippen molar-refractivity contribution in [1.29, 1.82) is 0 Å². The summed E-state index contributed by atoms with van der Waals surface area (Å²) >= 11 is 20.0. The second-order valence-electron chi connectivity index (χ2n) is 9.62. The molecular formula is C27H15Cl3F6N6O5S. The maximum absolute atomic E-state index is 13.9. The number of aromatic nitrogens is 6. The average Bonchev–Trinajstić information content (AvgIpc) is 3.67. The molecule has 11 nitrogen and oxygen atoms in total. The maximum atomic E-state index is 13.9. The van der Waals surface area contributed by atoms with Crippen LogP contribution in [-0.4, -0.2) is 63.3 Å². The van der Waals surface area contributed by atoms with Crippen molar-refractivity contribution in [3.63, 3.8) is 0 Å². The molecule has 5 rings (SSSR count). The van der Waals surface area contributed by atoms with Gasteiger partial charge in [-0.3, -0.25) is 14.2 Å². The molecule has 252 valence electrons. The third-order valence-corrected chi connectivity index (χ3v) is 8.82. The topological polar surface area (TPSA) is 159 Å². The lowest BCUT2D eigenvalue weighted by molar-refractivity contribution is -0.138. The summed E-state index contributed by atoms with van der Waals surface area (Å²) in [6.45, 7) is -0.509. The van der Waals surface area contributed by atoms with Crippen LogP contribution in [0.15, 0.2) is 52.6 Å². The molecule has 0 radical (unpaired) electrons. The van der Waals surface area contributed by atoms with Crippen molar-refractivity contribution in [1.82, 2.24) is 29.8 Å². The second kappa shape index (κ2) is 13.0. The van der Waals surface area contributed by atoms with E-state index < -0.39 is 91.5 Å². The van der Waals surface area contributed by atoms with Crippen molar-refractivity contribution < 1.29 is 51.3 Å². The van der Waals surface area contributed by atoms with Gasteiger partial charge < -0.3 is 20.3 Å². The molecule has 0 aliphatic heterocycles. The lowest BCUT2D eigenvalue weighted by Crippen LogP contribution is -2.15. The van der Waals surface area contributed by atoms with E-state index in [1.165, 1.54) is 0 Å². The number of aromatic hydroxyl groups is 2. The van der Waals surface area contributed by atoms with Crippen LogP contribution in [0.4, 0.5) is 26.3 Å². The molecule has 0 saturated carbocycles. The summed E-state index contributed by atoms with van der Waals surface area (Å²) in [5, 5.41) is 40.0. The van der Waals surface area contributed by atoms with Crippen molar-refractivity contribution in [2.24, 2.45) is 0 Å². The Labute approximate surface area is 282 Å². The van der Waals surface area contributed by atoms with Crippen LogP contribution in [0.1, 0.15) is 43.2 Å². The van der Waals surface area contributed by atoms with Crippen LogP contribution in [0.5, 0.6) is 11.5 Å². The van der Waals surface area contributed by atoms with Gasteiger partial charge in [0.25, 0.3) is 0 Å². The van der Waals surface area contributed by atoms with Gasteiger partial charge in [0.05, 0.1) is 51.8 Å². The van der Waals surface area contributed by atoms with Crippen LogP contribution < -0.4 is 0 Å². The first-order valence-electron chi connectivity index (χ1n) is 12.9. The molecule has 0 spiro atoms. The first kappa shape index (κ1) is 35.1. The van der Waals surface area contributed by atoms with Gasteiger partial charge >= 0.3 is 12.4 Å². The third kappa shape index (κ3) is 6.57. The fraction of sp³-hybridized carbons (Fsp3) is 0.148. The smallest absolute Gasteiger partial charge is 0.416 e. The number of aliphatic hydroxyl groups excluding tert-OH is 1. The van der Waals surface area contributed by atoms with E-state index in [1.807, 2.05) is 0 Å². The van der Waals surface area contributed by atoms with Gasteiger partial charge in [0.1, 0.15) is 32.4 Å². The second-order valence-corrected chi connectivity index (χ2v) is 11.7. The Morgan fingerprint density at radius 1 is 0.875 bits per heavy atom. The van der Waals surface area contributed by atoms with Crippen LogP contribution >= 0.6 is 46.6 Å². The van der Waals surface area contributed by atoms with E-state index in [4.69, 9.17) is 34.8 Å². The molecule has 0 amide bonds. The minimum atomic E-state index is -4.86. The van der Waals surface area contributed by atoms with Crippen LogP contribution in [0, 0.1) is 0 Å². The highest BCUT2D eigenvalue weighted by Crippen LogP contribution is 2.44. The highest BCUT2D eigenvalue weighted by molar-refractivity contribution is 7.99. The summed E-state index contributed by atoms with van der Waals surface area (Å²) in [6.07, 6.45) is -9.72. The molecule has 3 heterocycles. The number of rotatable bonds is 9. The Hall–Kier alpha value is -4.23. The molecule has 0 saturated heterocycles. The van der Waals surface area contributed by atoms with Gasteiger partial charge in [-0.05, 0) is 64.7 Å². The number of H-pyrrole nitrogens is 1. The van der Waals surface area contributed by atoms with Crippen molar-refractivity contribution in [3.05, 3.63) is 91.3 Å². The molecule has 4 N–H and O–H groups in total. The predicted molar refractivity (Wildman–Crippen MR) is 157 cm³/mol. The highest BCUT2D eigenvalue weighted by Gasteiger charge is 2.36. The van der Waals surface area contributed by atoms with E-state index in [2.05, 4.69) is 20.5 Å². The molecule has 0 aliphatic carbocycles. The lowest BCUT2D eigenvalue weighted by atomic mass is 10.0. The number of hydrogen-bond donors (Lipinski definition) is 4. The Morgan fingerprint density at radius 3 is 1.96 bits per heavy atom. The van der Waals surface area contributed by atoms with Crippen molar-refractivity contribution in [3.8, 4) is 17.2 Å². The van der Waals surface area contributed by atoms with E-state index in [1.54, 1.807) is 0 Å². The number of nitrogens with zero attached hydrogens (tertiary/aromatic N) is 5. The van der Waals surface area contributed by atoms with Gasteiger partial charge in [0.15, 0.2) is 0 Å². The fourth-order valence-electron chi connectivity index (χ4n) is 4.42. The number of aromatic amines is 1. The molecule has 0 fully saturated rings. The summed E-state index contributed by atoms with van der Waals surface area (Å²) in [6, 6.07) is 4.15.